The molecule has 0 unspecified atom stereocenters. The van der Waals surface area contributed by atoms with E-state index in [1.54, 1.807) is 25.3 Å². The maximum absolute atomic E-state index is 13.8. The van der Waals surface area contributed by atoms with Crippen LogP contribution in [0.3, 0.4) is 0 Å². The molecule has 4 rings (SSSR count). The van der Waals surface area contributed by atoms with Crippen molar-refractivity contribution in [3.63, 3.8) is 0 Å². The zero-order valence-electron chi connectivity index (χ0n) is 13.9. The highest BCUT2D eigenvalue weighted by Gasteiger charge is 2.13. The summed E-state index contributed by atoms with van der Waals surface area (Å²) in [6.07, 6.45) is 0. The van der Waals surface area contributed by atoms with Crippen molar-refractivity contribution in [2.24, 2.45) is 0 Å². The van der Waals surface area contributed by atoms with Gasteiger partial charge in [0.1, 0.15) is 22.7 Å². The Morgan fingerprint density at radius 2 is 1.65 bits per heavy atom. The number of halogens is 1. The minimum absolute atomic E-state index is 0.254. The summed E-state index contributed by atoms with van der Waals surface area (Å²) in [7, 11) is 1.59. The molecule has 1 aromatic heterocycles. The smallest absolute Gasteiger partial charge is 0.175 e. The Bertz CT molecular complexity index is 1120. The van der Waals surface area contributed by atoms with Gasteiger partial charge < -0.3 is 19.8 Å². The maximum atomic E-state index is 13.8. The van der Waals surface area contributed by atoms with Crippen molar-refractivity contribution in [2.45, 2.75) is 0 Å². The van der Waals surface area contributed by atoms with Crippen molar-refractivity contribution < 1.29 is 13.5 Å². The third-order valence-electron chi connectivity index (χ3n) is 4.07. The standard InChI is InChI=1S/C20H15FN2O2S/c1-24-19-10-13-12-6-2-5-9-17(12)25-18(13)11-16(19)23-20(26)22-15-8-4-3-7-14(15)21/h2-11H,1H3,(H2,22,23,26). The molecule has 0 aliphatic rings. The van der Waals surface area contributed by atoms with E-state index in [4.69, 9.17) is 21.4 Å². The Kier molecular flexibility index (Phi) is 4.18. The number of thiocarbonyl (C=S) groups is 1. The van der Waals surface area contributed by atoms with E-state index in [9.17, 15) is 4.39 Å². The van der Waals surface area contributed by atoms with Gasteiger partial charge in [-0.2, -0.15) is 0 Å². The first-order valence-corrected chi connectivity index (χ1v) is 8.38. The molecular weight excluding hydrogens is 351 g/mol. The SMILES string of the molecule is COc1cc2c(cc1NC(=S)Nc1ccccc1F)oc1ccccc12. The van der Waals surface area contributed by atoms with Crippen molar-refractivity contribution in [1.29, 1.82) is 0 Å². The van der Waals surface area contributed by atoms with Crippen molar-refractivity contribution in [3.8, 4) is 5.75 Å². The normalized spacial score (nSPS) is 10.8. The third-order valence-corrected chi connectivity index (χ3v) is 4.27. The molecule has 0 spiro atoms. The number of furan rings is 1. The highest BCUT2D eigenvalue weighted by Crippen LogP contribution is 2.36. The van der Waals surface area contributed by atoms with Gasteiger partial charge in [-0.25, -0.2) is 4.39 Å². The van der Waals surface area contributed by atoms with E-state index in [-0.39, 0.29) is 10.9 Å². The van der Waals surface area contributed by atoms with E-state index in [0.717, 1.165) is 16.4 Å². The van der Waals surface area contributed by atoms with Gasteiger partial charge in [0.2, 0.25) is 0 Å². The van der Waals surface area contributed by atoms with Crippen LogP contribution in [0.4, 0.5) is 15.8 Å². The van der Waals surface area contributed by atoms with E-state index in [0.29, 0.717) is 22.7 Å². The van der Waals surface area contributed by atoms with Crippen LogP contribution in [-0.4, -0.2) is 12.2 Å². The largest absolute Gasteiger partial charge is 0.495 e. The van der Waals surface area contributed by atoms with Gasteiger partial charge in [0.15, 0.2) is 5.11 Å². The third kappa shape index (κ3) is 2.95. The zero-order chi connectivity index (χ0) is 18.1. The number of hydrogen-bond acceptors (Lipinski definition) is 3. The summed E-state index contributed by atoms with van der Waals surface area (Å²) in [5, 5.41) is 8.11. The molecule has 0 saturated heterocycles. The van der Waals surface area contributed by atoms with Crippen molar-refractivity contribution in [1.82, 2.24) is 0 Å². The first kappa shape index (κ1) is 16.4. The summed E-state index contributed by atoms with van der Waals surface area (Å²) in [5.41, 5.74) is 2.44. The Balaban J connectivity index is 1.68. The maximum Gasteiger partial charge on any atom is 0.175 e. The van der Waals surface area contributed by atoms with E-state index in [1.165, 1.54) is 6.07 Å². The van der Waals surface area contributed by atoms with Crippen LogP contribution in [0.5, 0.6) is 5.75 Å². The Hall–Kier alpha value is -3.12. The predicted molar refractivity (Wildman–Crippen MR) is 107 cm³/mol. The number of fused-ring (bicyclic) bond motifs is 3. The fourth-order valence-electron chi connectivity index (χ4n) is 2.86. The Morgan fingerprint density at radius 3 is 2.46 bits per heavy atom. The fourth-order valence-corrected chi connectivity index (χ4v) is 3.08. The highest BCUT2D eigenvalue weighted by atomic mass is 32.1. The molecule has 2 N–H and O–H groups in total. The number of benzene rings is 3. The number of hydrogen-bond donors (Lipinski definition) is 2. The molecule has 6 heteroatoms. The predicted octanol–water partition coefficient (Wildman–Crippen LogP) is 5.54. The molecule has 0 amide bonds. The molecule has 0 atom stereocenters. The van der Waals surface area contributed by atoms with E-state index < -0.39 is 0 Å². The molecule has 0 fully saturated rings. The molecule has 0 saturated carbocycles. The monoisotopic (exact) mass is 366 g/mol. The Labute approximate surface area is 154 Å². The summed E-state index contributed by atoms with van der Waals surface area (Å²) in [6.45, 7) is 0. The van der Waals surface area contributed by atoms with E-state index >= 15 is 0 Å². The van der Waals surface area contributed by atoms with Crippen molar-refractivity contribution >= 4 is 50.6 Å². The van der Waals surface area contributed by atoms with Gasteiger partial charge >= 0.3 is 0 Å². The molecule has 130 valence electrons. The quantitative estimate of drug-likeness (QED) is 0.466. The van der Waals surface area contributed by atoms with Gasteiger partial charge in [0.25, 0.3) is 0 Å². The minimum atomic E-state index is -0.378. The molecule has 26 heavy (non-hydrogen) atoms. The number of nitrogens with one attached hydrogen (secondary N) is 2. The average molecular weight is 366 g/mol. The molecule has 0 radical (unpaired) electrons. The van der Waals surface area contributed by atoms with E-state index in [1.807, 2.05) is 36.4 Å². The van der Waals surface area contributed by atoms with Crippen molar-refractivity contribution in [2.75, 3.05) is 17.7 Å². The molecular formula is C20H15FN2O2S. The van der Waals surface area contributed by atoms with Crippen LogP contribution >= 0.6 is 12.2 Å². The Morgan fingerprint density at radius 1 is 0.923 bits per heavy atom. The summed E-state index contributed by atoms with van der Waals surface area (Å²) < 4.78 is 25.1. The second-order valence-corrected chi connectivity index (χ2v) is 6.11. The van der Waals surface area contributed by atoms with Crippen LogP contribution in [0.1, 0.15) is 0 Å². The van der Waals surface area contributed by atoms with Gasteiger partial charge in [0, 0.05) is 16.8 Å². The van der Waals surface area contributed by atoms with Crippen LogP contribution in [0.2, 0.25) is 0 Å². The van der Waals surface area contributed by atoms with E-state index in [2.05, 4.69) is 10.6 Å². The number of para-hydroxylation sites is 2. The molecule has 4 nitrogen and oxygen atoms in total. The fraction of sp³-hybridized carbons (Fsp3) is 0.0500. The lowest BCUT2D eigenvalue weighted by atomic mass is 10.1. The second-order valence-electron chi connectivity index (χ2n) is 5.71. The molecule has 4 aromatic rings. The van der Waals surface area contributed by atoms with Gasteiger partial charge in [-0.05, 0) is 36.5 Å². The molecule has 0 aliphatic heterocycles. The van der Waals surface area contributed by atoms with Crippen LogP contribution in [0, 0.1) is 5.82 Å². The van der Waals surface area contributed by atoms with Crippen LogP contribution in [0.15, 0.2) is 65.1 Å². The summed E-state index contributed by atoms with van der Waals surface area (Å²) in [6, 6.07) is 17.9. The van der Waals surface area contributed by atoms with Crippen molar-refractivity contribution in [3.05, 3.63) is 66.5 Å². The lowest BCUT2D eigenvalue weighted by Crippen LogP contribution is -2.20. The number of anilines is 2. The highest BCUT2D eigenvalue weighted by molar-refractivity contribution is 7.80. The van der Waals surface area contributed by atoms with Crippen LogP contribution in [-0.2, 0) is 0 Å². The number of rotatable bonds is 3. The van der Waals surface area contributed by atoms with Gasteiger partial charge in [0.05, 0.1) is 18.5 Å². The summed E-state index contributed by atoms with van der Waals surface area (Å²) in [5.74, 6) is 0.234. The first-order valence-electron chi connectivity index (χ1n) is 7.97. The molecule has 1 heterocycles. The minimum Gasteiger partial charge on any atom is -0.495 e. The lowest BCUT2D eigenvalue weighted by molar-refractivity contribution is 0.417. The lowest BCUT2D eigenvalue weighted by Gasteiger charge is -2.14. The molecule has 0 bridgehead atoms. The van der Waals surface area contributed by atoms with Gasteiger partial charge in [-0.15, -0.1) is 0 Å². The topological polar surface area (TPSA) is 46.4 Å². The molecule has 3 aromatic carbocycles. The van der Waals surface area contributed by atoms with Gasteiger partial charge in [-0.1, -0.05) is 30.3 Å². The zero-order valence-corrected chi connectivity index (χ0v) is 14.7. The average Bonchev–Trinajstić information content (AvgIpc) is 3.00. The second kappa shape index (κ2) is 6.65. The summed E-state index contributed by atoms with van der Waals surface area (Å²) >= 11 is 5.30. The first-order chi connectivity index (χ1) is 12.7. The summed E-state index contributed by atoms with van der Waals surface area (Å²) in [4.78, 5) is 0. The van der Waals surface area contributed by atoms with Gasteiger partial charge in [-0.3, -0.25) is 0 Å². The number of ether oxygens (including phenoxy) is 1. The molecule has 0 aliphatic carbocycles. The van der Waals surface area contributed by atoms with Crippen LogP contribution in [0.25, 0.3) is 21.9 Å². The van der Waals surface area contributed by atoms with Crippen LogP contribution < -0.4 is 15.4 Å². The number of methoxy groups -OCH3 is 1.